The van der Waals surface area contributed by atoms with Crippen LogP contribution >= 0.6 is 11.6 Å². The number of benzene rings is 1. The van der Waals surface area contributed by atoms with Crippen molar-refractivity contribution in [2.24, 2.45) is 7.05 Å². The van der Waals surface area contributed by atoms with Gasteiger partial charge in [-0.25, -0.2) is 9.37 Å². The SMILES string of the molecule is Cn1cc2c(n1)-c1ccc(F)cc1COc1cc(cnc1N)-c1n[nH]c(Cl)c1C2O. The van der Waals surface area contributed by atoms with E-state index in [0.29, 0.717) is 45.0 Å². The Morgan fingerprint density at radius 2 is 2.17 bits per heavy atom. The number of hydrogen-bond acceptors (Lipinski definition) is 6. The third-order valence-electron chi connectivity index (χ3n) is 5.04. The minimum absolute atomic E-state index is 0.0305. The molecule has 4 aromatic rings. The van der Waals surface area contributed by atoms with Crippen molar-refractivity contribution in [3.05, 3.63) is 64.3 Å². The molecule has 1 aliphatic rings. The van der Waals surface area contributed by atoms with Crippen LogP contribution in [-0.4, -0.2) is 30.1 Å². The van der Waals surface area contributed by atoms with Gasteiger partial charge in [0.05, 0.1) is 11.3 Å². The number of aryl methyl sites for hydroxylation is 1. The Labute approximate surface area is 175 Å². The van der Waals surface area contributed by atoms with Crippen molar-refractivity contribution < 1.29 is 14.2 Å². The minimum Gasteiger partial charge on any atom is -0.485 e. The van der Waals surface area contributed by atoms with E-state index < -0.39 is 11.9 Å². The molecule has 0 aliphatic carbocycles. The fraction of sp³-hybridized carbons (Fsp3) is 0.150. The lowest BCUT2D eigenvalue weighted by Crippen LogP contribution is -2.07. The summed E-state index contributed by atoms with van der Waals surface area (Å²) in [7, 11) is 1.74. The van der Waals surface area contributed by atoms with Crippen LogP contribution in [0.4, 0.5) is 10.2 Å². The Bertz CT molecular complexity index is 1280. The summed E-state index contributed by atoms with van der Waals surface area (Å²) in [5, 5.41) is 22.9. The Morgan fingerprint density at radius 1 is 1.33 bits per heavy atom. The monoisotopic (exact) mass is 426 g/mol. The zero-order chi connectivity index (χ0) is 21.0. The lowest BCUT2D eigenvalue weighted by Gasteiger charge is -2.17. The largest absolute Gasteiger partial charge is 0.485 e. The lowest BCUT2D eigenvalue weighted by molar-refractivity contribution is 0.221. The molecule has 3 aromatic heterocycles. The lowest BCUT2D eigenvalue weighted by atomic mass is 9.95. The first-order chi connectivity index (χ1) is 14.4. The molecule has 1 atom stereocenters. The van der Waals surface area contributed by atoms with Crippen LogP contribution in [0, 0.1) is 5.82 Å². The van der Waals surface area contributed by atoms with Crippen molar-refractivity contribution in [1.29, 1.82) is 0 Å². The quantitative estimate of drug-likeness (QED) is 0.397. The average Bonchev–Trinajstić information content (AvgIpc) is 3.29. The Balaban J connectivity index is 1.83. The van der Waals surface area contributed by atoms with Gasteiger partial charge in [-0.15, -0.1) is 0 Å². The number of H-pyrrole nitrogens is 1. The predicted octanol–water partition coefficient (Wildman–Crippen LogP) is 3.22. The molecule has 10 heteroatoms. The summed E-state index contributed by atoms with van der Waals surface area (Å²) >= 11 is 6.35. The van der Waals surface area contributed by atoms with E-state index in [0.717, 1.165) is 0 Å². The number of fused-ring (bicyclic) bond motifs is 7. The summed E-state index contributed by atoms with van der Waals surface area (Å²) in [5.74, 6) is 0.0718. The third-order valence-corrected chi connectivity index (χ3v) is 5.33. The number of aromatic nitrogens is 5. The van der Waals surface area contributed by atoms with Gasteiger partial charge in [-0.3, -0.25) is 9.78 Å². The standard InChI is InChI=1S/C20H16ClFN6O2/c1-28-7-13-17(27-28)12-3-2-11(22)4-10(12)8-30-14-5-9(6-24-20(14)23)16-15(18(13)29)19(21)26-25-16/h2-7,18,29H,8H2,1H3,(H2,23,24)(H,25,26). The molecule has 30 heavy (non-hydrogen) atoms. The van der Waals surface area contributed by atoms with Crippen molar-refractivity contribution in [2.75, 3.05) is 5.73 Å². The van der Waals surface area contributed by atoms with Crippen LogP contribution in [0.1, 0.15) is 22.8 Å². The second-order valence-electron chi connectivity index (χ2n) is 7.01. The number of aromatic amines is 1. The van der Waals surface area contributed by atoms with E-state index >= 15 is 0 Å². The molecule has 0 spiro atoms. The van der Waals surface area contributed by atoms with E-state index in [1.165, 1.54) is 18.3 Å². The summed E-state index contributed by atoms with van der Waals surface area (Å²) in [6.45, 7) is 0.0305. The van der Waals surface area contributed by atoms with Gasteiger partial charge in [-0.2, -0.15) is 10.2 Å². The molecule has 0 fully saturated rings. The first kappa shape index (κ1) is 18.6. The second kappa shape index (κ2) is 6.82. The first-order valence-corrected chi connectivity index (χ1v) is 9.43. The molecule has 0 saturated heterocycles. The smallest absolute Gasteiger partial charge is 0.166 e. The number of hydrogen-bond donors (Lipinski definition) is 3. The molecule has 1 aromatic carbocycles. The molecule has 0 radical (unpaired) electrons. The Hall–Kier alpha value is -3.43. The Kier molecular flexibility index (Phi) is 4.23. The van der Waals surface area contributed by atoms with E-state index in [1.807, 2.05) is 0 Å². The van der Waals surface area contributed by atoms with E-state index in [1.54, 1.807) is 30.1 Å². The number of anilines is 1. The van der Waals surface area contributed by atoms with Crippen LogP contribution in [-0.2, 0) is 13.7 Å². The molecule has 1 aliphatic heterocycles. The first-order valence-electron chi connectivity index (χ1n) is 9.05. The maximum absolute atomic E-state index is 14.0. The van der Waals surface area contributed by atoms with Crippen molar-refractivity contribution in [1.82, 2.24) is 25.0 Å². The maximum atomic E-state index is 14.0. The maximum Gasteiger partial charge on any atom is 0.166 e. The van der Waals surface area contributed by atoms with Crippen molar-refractivity contribution in [3.63, 3.8) is 0 Å². The van der Waals surface area contributed by atoms with Gasteiger partial charge in [0.15, 0.2) is 11.6 Å². The number of halogens is 2. The average molecular weight is 427 g/mol. The summed E-state index contributed by atoms with van der Waals surface area (Å²) in [6, 6.07) is 5.97. The zero-order valence-corrected chi connectivity index (χ0v) is 16.5. The van der Waals surface area contributed by atoms with Crippen LogP contribution in [0.5, 0.6) is 5.75 Å². The van der Waals surface area contributed by atoms with E-state index in [-0.39, 0.29) is 17.6 Å². The predicted molar refractivity (Wildman–Crippen MR) is 108 cm³/mol. The summed E-state index contributed by atoms with van der Waals surface area (Å²) in [5.41, 5.74) is 9.46. The number of nitrogens with zero attached hydrogens (tertiary/aromatic N) is 4. The molecule has 2 bridgehead atoms. The molecule has 152 valence electrons. The van der Waals surface area contributed by atoms with Gasteiger partial charge in [0.1, 0.15) is 29.4 Å². The molecule has 0 saturated carbocycles. The number of aliphatic hydroxyl groups is 1. The molecule has 4 heterocycles. The van der Waals surface area contributed by atoms with Gasteiger partial charge in [-0.05, 0) is 24.3 Å². The molecular formula is C20H16ClFN6O2. The molecule has 1 unspecified atom stereocenters. The highest BCUT2D eigenvalue weighted by molar-refractivity contribution is 6.30. The molecule has 5 rings (SSSR count). The highest BCUT2D eigenvalue weighted by Gasteiger charge is 2.28. The van der Waals surface area contributed by atoms with Gasteiger partial charge in [0.25, 0.3) is 0 Å². The molecule has 0 amide bonds. The normalized spacial score (nSPS) is 15.3. The van der Waals surface area contributed by atoms with E-state index in [4.69, 9.17) is 22.1 Å². The number of nitrogens with two attached hydrogens (primary N) is 1. The van der Waals surface area contributed by atoms with E-state index in [9.17, 15) is 9.50 Å². The minimum atomic E-state index is -1.14. The fourth-order valence-electron chi connectivity index (χ4n) is 3.64. The van der Waals surface area contributed by atoms with Gasteiger partial charge >= 0.3 is 0 Å². The van der Waals surface area contributed by atoms with Crippen LogP contribution in [0.3, 0.4) is 0 Å². The number of ether oxygens (including phenoxy) is 1. The second-order valence-corrected chi connectivity index (χ2v) is 7.38. The van der Waals surface area contributed by atoms with Crippen LogP contribution < -0.4 is 10.5 Å². The van der Waals surface area contributed by atoms with Gasteiger partial charge in [0.2, 0.25) is 0 Å². The van der Waals surface area contributed by atoms with Crippen molar-refractivity contribution >= 4 is 17.4 Å². The van der Waals surface area contributed by atoms with Crippen LogP contribution in [0.25, 0.3) is 22.5 Å². The summed E-state index contributed by atoms with van der Waals surface area (Å²) in [4.78, 5) is 4.17. The van der Waals surface area contributed by atoms with Gasteiger partial charge in [0, 0.05) is 41.7 Å². The molecule has 4 N–H and O–H groups in total. The molecule has 8 nitrogen and oxygen atoms in total. The number of pyridine rings is 1. The highest BCUT2D eigenvalue weighted by atomic mass is 35.5. The van der Waals surface area contributed by atoms with Gasteiger partial charge in [-0.1, -0.05) is 11.6 Å². The summed E-state index contributed by atoms with van der Waals surface area (Å²) < 4.78 is 21.5. The number of nitrogens with one attached hydrogen (secondary N) is 1. The van der Waals surface area contributed by atoms with Crippen LogP contribution in [0.15, 0.2) is 36.7 Å². The number of rotatable bonds is 0. The summed E-state index contributed by atoms with van der Waals surface area (Å²) in [6.07, 6.45) is 2.07. The van der Waals surface area contributed by atoms with Crippen molar-refractivity contribution in [3.8, 4) is 28.3 Å². The highest BCUT2D eigenvalue weighted by Crippen LogP contribution is 2.41. The third kappa shape index (κ3) is 2.90. The topological polar surface area (TPSA) is 115 Å². The molecular weight excluding hydrogens is 411 g/mol. The zero-order valence-electron chi connectivity index (χ0n) is 15.7. The van der Waals surface area contributed by atoms with Gasteiger partial charge < -0.3 is 15.6 Å². The van der Waals surface area contributed by atoms with Crippen molar-refractivity contribution in [2.45, 2.75) is 12.7 Å². The fourth-order valence-corrected chi connectivity index (χ4v) is 3.87. The number of aliphatic hydroxyl groups excluding tert-OH is 1. The van der Waals surface area contributed by atoms with E-state index in [2.05, 4.69) is 20.3 Å². The van der Waals surface area contributed by atoms with Crippen LogP contribution in [0.2, 0.25) is 5.15 Å². The Morgan fingerprint density at radius 3 is 3.00 bits per heavy atom. The number of nitrogen functional groups attached to an aromatic ring is 1.